The topological polar surface area (TPSA) is 97.2 Å². The van der Waals surface area contributed by atoms with Crippen LogP contribution in [0.15, 0.2) is 36.3 Å². The van der Waals surface area contributed by atoms with Gasteiger partial charge in [-0.15, -0.1) is 0 Å². The lowest BCUT2D eigenvalue weighted by Crippen LogP contribution is -2.40. The number of rotatable bonds is 4. The van der Waals surface area contributed by atoms with Crippen molar-refractivity contribution in [2.45, 2.75) is 26.7 Å². The molecule has 3 heterocycles. The maximum atomic E-state index is 13.0. The zero-order valence-electron chi connectivity index (χ0n) is 18.1. The fourth-order valence-electron chi connectivity index (χ4n) is 4.16. The lowest BCUT2D eigenvalue weighted by Gasteiger charge is -2.26. The number of hydrogen-bond donors (Lipinski definition) is 2. The van der Waals surface area contributed by atoms with Gasteiger partial charge in [0, 0.05) is 25.7 Å². The summed E-state index contributed by atoms with van der Waals surface area (Å²) < 4.78 is 0. The van der Waals surface area contributed by atoms with Gasteiger partial charge in [0.15, 0.2) is 0 Å². The van der Waals surface area contributed by atoms with Gasteiger partial charge in [-0.3, -0.25) is 9.69 Å². The van der Waals surface area contributed by atoms with Crippen LogP contribution in [0, 0.1) is 24.2 Å². The number of carbonyl (C=O) groups excluding carboxylic acids is 1. The molecule has 31 heavy (non-hydrogen) atoms. The Bertz CT molecular complexity index is 1070. The first-order chi connectivity index (χ1) is 15.0. The number of para-hydroxylation sites is 2. The van der Waals surface area contributed by atoms with E-state index in [0.717, 1.165) is 42.9 Å². The quantitative estimate of drug-likeness (QED) is 0.738. The minimum atomic E-state index is -0.0324. The second kappa shape index (κ2) is 8.74. The number of aromatic nitrogens is 2. The SMILES string of the molecule is CCN1/C(=C(\C#N)c2nc(N(C)C(=O)C3CCNCC3)ncc2C)Nc2ccccc21. The molecule has 1 fully saturated rings. The zero-order chi connectivity index (χ0) is 22.0. The fourth-order valence-corrected chi connectivity index (χ4v) is 4.16. The largest absolute Gasteiger partial charge is 0.339 e. The van der Waals surface area contributed by atoms with E-state index in [2.05, 4.69) is 31.6 Å². The summed E-state index contributed by atoms with van der Waals surface area (Å²) in [6, 6.07) is 10.3. The molecule has 0 aliphatic carbocycles. The molecule has 2 N–H and O–H groups in total. The van der Waals surface area contributed by atoms with Crippen LogP contribution in [0.1, 0.15) is 31.0 Å². The van der Waals surface area contributed by atoms with Crippen molar-refractivity contribution in [1.29, 1.82) is 5.26 Å². The van der Waals surface area contributed by atoms with Crippen LogP contribution in [0.3, 0.4) is 0 Å². The molecule has 8 nitrogen and oxygen atoms in total. The number of hydrogen-bond acceptors (Lipinski definition) is 7. The second-order valence-electron chi connectivity index (χ2n) is 7.84. The number of aryl methyl sites for hydroxylation is 1. The van der Waals surface area contributed by atoms with E-state index in [1.807, 2.05) is 38.1 Å². The maximum absolute atomic E-state index is 13.0. The van der Waals surface area contributed by atoms with Gasteiger partial charge in [0.05, 0.1) is 17.1 Å². The van der Waals surface area contributed by atoms with Crippen LogP contribution >= 0.6 is 0 Å². The molecule has 0 atom stereocenters. The molecule has 1 amide bonds. The van der Waals surface area contributed by atoms with Crippen molar-refractivity contribution in [2.75, 3.05) is 41.8 Å². The van der Waals surface area contributed by atoms with Crippen molar-refractivity contribution in [2.24, 2.45) is 5.92 Å². The van der Waals surface area contributed by atoms with Crippen molar-refractivity contribution >= 4 is 28.8 Å². The minimum absolute atomic E-state index is 0.0176. The maximum Gasteiger partial charge on any atom is 0.232 e. The van der Waals surface area contributed by atoms with E-state index < -0.39 is 0 Å². The minimum Gasteiger partial charge on any atom is -0.339 e. The molecule has 1 aromatic carbocycles. The third kappa shape index (κ3) is 3.84. The molecule has 0 bridgehead atoms. The Morgan fingerprint density at radius 3 is 2.77 bits per heavy atom. The van der Waals surface area contributed by atoms with Crippen molar-refractivity contribution < 1.29 is 4.79 Å². The summed E-state index contributed by atoms with van der Waals surface area (Å²) in [7, 11) is 1.71. The van der Waals surface area contributed by atoms with E-state index in [0.29, 0.717) is 29.6 Å². The van der Waals surface area contributed by atoms with E-state index in [1.165, 1.54) is 4.90 Å². The molecule has 8 heteroatoms. The number of benzene rings is 1. The summed E-state index contributed by atoms with van der Waals surface area (Å²) in [5, 5.41) is 16.7. The number of allylic oxidation sites excluding steroid dienone is 1. The Morgan fingerprint density at radius 1 is 1.32 bits per heavy atom. The molecule has 1 saturated heterocycles. The van der Waals surface area contributed by atoms with Crippen LogP contribution in [-0.4, -0.2) is 42.6 Å². The van der Waals surface area contributed by atoms with Crippen molar-refractivity contribution in [1.82, 2.24) is 15.3 Å². The van der Waals surface area contributed by atoms with Gasteiger partial charge in [0.1, 0.15) is 17.5 Å². The number of piperidine rings is 1. The molecule has 4 rings (SSSR count). The smallest absolute Gasteiger partial charge is 0.232 e. The van der Waals surface area contributed by atoms with Crippen LogP contribution in [-0.2, 0) is 4.79 Å². The summed E-state index contributed by atoms with van der Waals surface area (Å²) in [6.07, 6.45) is 3.30. The van der Waals surface area contributed by atoms with Crippen LogP contribution < -0.4 is 20.4 Å². The van der Waals surface area contributed by atoms with Crippen LogP contribution in [0.2, 0.25) is 0 Å². The van der Waals surface area contributed by atoms with Crippen molar-refractivity contribution in [3.63, 3.8) is 0 Å². The molecule has 0 unspecified atom stereocenters. The first kappa shape index (κ1) is 20.8. The lowest BCUT2D eigenvalue weighted by atomic mass is 9.97. The number of amides is 1. The summed E-state index contributed by atoms with van der Waals surface area (Å²) in [5.41, 5.74) is 3.73. The van der Waals surface area contributed by atoms with Crippen LogP contribution in [0.5, 0.6) is 0 Å². The summed E-state index contributed by atoms with van der Waals surface area (Å²) in [6.45, 7) is 6.31. The zero-order valence-corrected chi connectivity index (χ0v) is 18.1. The first-order valence-corrected chi connectivity index (χ1v) is 10.7. The normalized spacial score (nSPS) is 17.5. The molecular weight excluding hydrogens is 390 g/mol. The molecule has 2 aromatic rings. The number of nitriles is 1. The van der Waals surface area contributed by atoms with Gasteiger partial charge in [-0.25, -0.2) is 9.97 Å². The van der Waals surface area contributed by atoms with E-state index >= 15 is 0 Å². The van der Waals surface area contributed by atoms with Gasteiger partial charge >= 0.3 is 0 Å². The van der Waals surface area contributed by atoms with Gasteiger partial charge in [-0.1, -0.05) is 12.1 Å². The Kier molecular flexibility index (Phi) is 5.87. The van der Waals surface area contributed by atoms with E-state index in [-0.39, 0.29) is 11.8 Å². The highest BCUT2D eigenvalue weighted by atomic mass is 16.2. The monoisotopic (exact) mass is 417 g/mol. The number of anilines is 3. The third-order valence-electron chi connectivity index (χ3n) is 5.90. The highest BCUT2D eigenvalue weighted by molar-refractivity contribution is 5.94. The van der Waals surface area contributed by atoms with Crippen molar-refractivity contribution in [3.8, 4) is 6.07 Å². The molecule has 1 aromatic heterocycles. The predicted octanol–water partition coefficient (Wildman–Crippen LogP) is 2.89. The molecule has 2 aliphatic rings. The molecule has 0 saturated carbocycles. The standard InChI is InChI=1S/C23H27N7O/c1-4-30-19-8-6-5-7-18(19)27-21(30)17(13-24)20-15(2)14-26-23(28-20)29(3)22(31)16-9-11-25-12-10-16/h5-8,14,16,25,27H,4,9-12H2,1-3H3/b21-17+. The van der Waals surface area contributed by atoms with Crippen molar-refractivity contribution in [3.05, 3.63) is 47.5 Å². The number of fused-ring (bicyclic) bond motifs is 1. The predicted molar refractivity (Wildman–Crippen MR) is 121 cm³/mol. The second-order valence-corrected chi connectivity index (χ2v) is 7.84. The summed E-state index contributed by atoms with van der Waals surface area (Å²) >= 11 is 0. The lowest BCUT2D eigenvalue weighted by molar-refractivity contribution is -0.122. The van der Waals surface area contributed by atoms with Crippen LogP contribution in [0.4, 0.5) is 17.3 Å². The number of carbonyl (C=O) groups is 1. The molecular formula is C23H27N7O. The first-order valence-electron chi connectivity index (χ1n) is 10.7. The van der Waals surface area contributed by atoms with Crippen LogP contribution in [0.25, 0.3) is 5.57 Å². The molecule has 160 valence electrons. The number of nitrogens with zero attached hydrogens (tertiary/aromatic N) is 5. The Morgan fingerprint density at radius 2 is 2.06 bits per heavy atom. The molecule has 0 spiro atoms. The summed E-state index contributed by atoms with van der Waals surface area (Å²) in [5.74, 6) is 1.00. The highest BCUT2D eigenvalue weighted by Gasteiger charge is 2.29. The highest BCUT2D eigenvalue weighted by Crippen LogP contribution is 2.39. The van der Waals surface area contributed by atoms with Gasteiger partial charge in [0.2, 0.25) is 11.9 Å². The average molecular weight is 418 g/mol. The number of nitrogens with one attached hydrogen (secondary N) is 2. The van der Waals surface area contributed by atoms with E-state index in [9.17, 15) is 10.1 Å². The molecule has 0 radical (unpaired) electrons. The Balaban J connectivity index is 1.71. The van der Waals surface area contributed by atoms with Gasteiger partial charge in [-0.2, -0.15) is 5.26 Å². The summed E-state index contributed by atoms with van der Waals surface area (Å²) in [4.78, 5) is 25.6. The third-order valence-corrected chi connectivity index (χ3v) is 5.90. The average Bonchev–Trinajstić information content (AvgIpc) is 3.18. The fraction of sp³-hybridized carbons (Fsp3) is 0.391. The Labute approximate surface area is 182 Å². The van der Waals surface area contributed by atoms with E-state index in [1.54, 1.807) is 13.2 Å². The van der Waals surface area contributed by atoms with E-state index in [4.69, 9.17) is 0 Å². The Hall–Kier alpha value is -3.44. The molecule has 2 aliphatic heterocycles. The van der Waals surface area contributed by atoms with Gasteiger partial charge in [-0.05, 0) is 57.5 Å². The van der Waals surface area contributed by atoms with Gasteiger partial charge in [0.25, 0.3) is 0 Å². The van der Waals surface area contributed by atoms with Gasteiger partial charge < -0.3 is 15.5 Å².